The van der Waals surface area contributed by atoms with Crippen molar-refractivity contribution in [2.24, 2.45) is 0 Å². The molecule has 0 fully saturated rings. The number of carbonyl (C=O) groups is 1. The van der Waals surface area contributed by atoms with E-state index >= 15 is 0 Å². The molecule has 0 atom stereocenters. The molecule has 1 amide bonds. The summed E-state index contributed by atoms with van der Waals surface area (Å²) in [6.45, 7) is 1.91. The lowest BCUT2D eigenvalue weighted by molar-refractivity contribution is 0.0946. The Hall–Kier alpha value is -2.24. The highest BCUT2D eigenvalue weighted by Gasteiger charge is 2.07. The van der Waals surface area contributed by atoms with Crippen LogP contribution in [-0.2, 0) is 6.54 Å². The molecular weight excluding hydrogens is 208 g/mol. The van der Waals surface area contributed by atoms with Gasteiger partial charge in [-0.1, -0.05) is 0 Å². The van der Waals surface area contributed by atoms with E-state index in [0.717, 1.165) is 0 Å². The number of nitrogens with one attached hydrogen (secondary N) is 1. The number of carbonyl (C=O) groups excluding carboxylic acids is 1. The van der Waals surface area contributed by atoms with Crippen molar-refractivity contribution in [2.45, 2.75) is 13.5 Å². The first-order chi connectivity index (χ1) is 7.75. The van der Waals surface area contributed by atoms with Gasteiger partial charge in [-0.25, -0.2) is 0 Å². The summed E-state index contributed by atoms with van der Waals surface area (Å²) in [6, 6.07) is 3.38. The van der Waals surface area contributed by atoms with Crippen molar-refractivity contribution < 1.29 is 9.21 Å². The van der Waals surface area contributed by atoms with Gasteiger partial charge in [-0.05, 0) is 12.1 Å². The number of nitrogens with zero attached hydrogens (tertiary/aromatic N) is 3. The van der Waals surface area contributed by atoms with E-state index in [2.05, 4.69) is 20.5 Å². The van der Waals surface area contributed by atoms with Gasteiger partial charge in [0, 0.05) is 19.3 Å². The van der Waals surface area contributed by atoms with Gasteiger partial charge >= 0.3 is 0 Å². The first kappa shape index (κ1) is 10.3. The Balaban J connectivity index is 1.94. The molecule has 0 aliphatic carbocycles. The van der Waals surface area contributed by atoms with Gasteiger partial charge in [0.1, 0.15) is 0 Å². The molecule has 82 valence electrons. The maximum absolute atomic E-state index is 11.6. The number of hydrogen-bond donors (Lipinski definition) is 1. The third-order valence-electron chi connectivity index (χ3n) is 1.89. The van der Waals surface area contributed by atoms with E-state index in [1.54, 1.807) is 25.3 Å². The van der Waals surface area contributed by atoms with Gasteiger partial charge in [0.2, 0.25) is 11.8 Å². The molecule has 6 nitrogen and oxygen atoms in total. The minimum Gasteiger partial charge on any atom is -0.424 e. The van der Waals surface area contributed by atoms with E-state index in [1.807, 2.05) is 0 Å². The number of hydrogen-bond acceptors (Lipinski definition) is 5. The summed E-state index contributed by atoms with van der Waals surface area (Å²) in [5.41, 5.74) is 0.499. The summed E-state index contributed by atoms with van der Waals surface area (Å²) < 4.78 is 5.12. The number of amides is 1. The van der Waals surface area contributed by atoms with Crippen LogP contribution in [0.2, 0.25) is 0 Å². The standard InChI is InChI=1S/C10H10N4O2/c1-7-13-14-9(16-7)6-12-10(15)8-3-2-4-11-5-8/h2-5H,6H2,1H3,(H,12,15). The zero-order valence-electron chi connectivity index (χ0n) is 8.67. The molecule has 2 rings (SSSR count). The second kappa shape index (κ2) is 4.52. The Morgan fingerprint density at radius 1 is 1.50 bits per heavy atom. The molecule has 2 aromatic heterocycles. The first-order valence-corrected chi connectivity index (χ1v) is 4.73. The number of pyridine rings is 1. The normalized spacial score (nSPS) is 10.1. The predicted molar refractivity (Wildman–Crippen MR) is 54.4 cm³/mol. The highest BCUT2D eigenvalue weighted by molar-refractivity contribution is 5.93. The van der Waals surface area contributed by atoms with Crippen LogP contribution < -0.4 is 5.32 Å². The van der Waals surface area contributed by atoms with Gasteiger partial charge in [0.05, 0.1) is 12.1 Å². The van der Waals surface area contributed by atoms with E-state index < -0.39 is 0 Å². The highest BCUT2D eigenvalue weighted by Crippen LogP contribution is 1.99. The van der Waals surface area contributed by atoms with Crippen molar-refractivity contribution in [3.8, 4) is 0 Å². The molecule has 0 saturated heterocycles. The zero-order valence-corrected chi connectivity index (χ0v) is 8.67. The largest absolute Gasteiger partial charge is 0.424 e. The maximum Gasteiger partial charge on any atom is 0.253 e. The monoisotopic (exact) mass is 218 g/mol. The van der Waals surface area contributed by atoms with Gasteiger partial charge in [0.15, 0.2) is 0 Å². The molecule has 2 heterocycles. The summed E-state index contributed by atoms with van der Waals surface area (Å²) in [5, 5.41) is 10.1. The average Bonchev–Trinajstić information content (AvgIpc) is 2.73. The Labute approximate surface area is 91.7 Å². The summed E-state index contributed by atoms with van der Waals surface area (Å²) in [5.74, 6) is 0.643. The number of aryl methyl sites for hydroxylation is 1. The maximum atomic E-state index is 11.6. The Kier molecular flexibility index (Phi) is 2.90. The molecule has 0 saturated carbocycles. The molecule has 0 aromatic carbocycles. The van der Waals surface area contributed by atoms with Gasteiger partial charge in [-0.3, -0.25) is 9.78 Å². The van der Waals surface area contributed by atoms with Gasteiger partial charge < -0.3 is 9.73 Å². The fraction of sp³-hybridized carbons (Fsp3) is 0.200. The molecule has 0 radical (unpaired) electrons. The molecule has 1 N–H and O–H groups in total. The van der Waals surface area contributed by atoms with Crippen molar-refractivity contribution in [1.82, 2.24) is 20.5 Å². The molecule has 0 unspecified atom stereocenters. The van der Waals surface area contributed by atoms with E-state index in [9.17, 15) is 4.79 Å². The smallest absolute Gasteiger partial charge is 0.253 e. The van der Waals surface area contributed by atoms with Crippen molar-refractivity contribution in [2.75, 3.05) is 0 Å². The molecule has 6 heteroatoms. The summed E-state index contributed by atoms with van der Waals surface area (Å²) in [7, 11) is 0. The van der Waals surface area contributed by atoms with Crippen LogP contribution in [0.15, 0.2) is 28.9 Å². The topological polar surface area (TPSA) is 80.9 Å². The van der Waals surface area contributed by atoms with Gasteiger partial charge in [-0.15, -0.1) is 10.2 Å². The van der Waals surface area contributed by atoms with Crippen LogP contribution in [0.25, 0.3) is 0 Å². The molecule has 0 aliphatic rings. The lowest BCUT2D eigenvalue weighted by atomic mass is 10.3. The number of aromatic nitrogens is 3. The Morgan fingerprint density at radius 3 is 3.00 bits per heavy atom. The van der Waals surface area contributed by atoms with Crippen molar-refractivity contribution in [3.63, 3.8) is 0 Å². The number of rotatable bonds is 3. The first-order valence-electron chi connectivity index (χ1n) is 4.73. The predicted octanol–water partition coefficient (Wildman–Crippen LogP) is 0.703. The molecule has 0 bridgehead atoms. The van der Waals surface area contributed by atoms with E-state index in [0.29, 0.717) is 17.3 Å². The van der Waals surface area contributed by atoms with Crippen molar-refractivity contribution >= 4 is 5.91 Å². The van der Waals surface area contributed by atoms with Crippen LogP contribution in [0, 0.1) is 6.92 Å². The van der Waals surface area contributed by atoms with Gasteiger partial charge in [-0.2, -0.15) is 0 Å². The van der Waals surface area contributed by atoms with E-state index in [-0.39, 0.29) is 12.5 Å². The summed E-state index contributed by atoms with van der Waals surface area (Å²) in [4.78, 5) is 15.4. The quantitative estimate of drug-likeness (QED) is 0.820. The zero-order chi connectivity index (χ0) is 11.4. The SMILES string of the molecule is Cc1nnc(CNC(=O)c2cccnc2)o1. The summed E-state index contributed by atoms with van der Waals surface area (Å²) >= 11 is 0. The van der Waals surface area contributed by atoms with Crippen molar-refractivity contribution in [1.29, 1.82) is 0 Å². The van der Waals surface area contributed by atoms with Crippen molar-refractivity contribution in [3.05, 3.63) is 41.9 Å². The molecule has 0 spiro atoms. The lowest BCUT2D eigenvalue weighted by Crippen LogP contribution is -2.23. The van der Waals surface area contributed by atoms with Crippen LogP contribution in [0.4, 0.5) is 0 Å². The Morgan fingerprint density at radius 2 is 2.38 bits per heavy atom. The van der Waals surface area contributed by atoms with Crippen LogP contribution in [0.3, 0.4) is 0 Å². The van der Waals surface area contributed by atoms with Crippen LogP contribution in [0.5, 0.6) is 0 Å². The van der Waals surface area contributed by atoms with Crippen LogP contribution >= 0.6 is 0 Å². The summed E-state index contributed by atoms with van der Waals surface area (Å²) in [6.07, 6.45) is 3.10. The second-order valence-electron chi connectivity index (χ2n) is 3.14. The molecular formula is C10H10N4O2. The average molecular weight is 218 g/mol. The highest BCUT2D eigenvalue weighted by atomic mass is 16.4. The third-order valence-corrected chi connectivity index (χ3v) is 1.89. The fourth-order valence-corrected chi connectivity index (χ4v) is 1.16. The fourth-order valence-electron chi connectivity index (χ4n) is 1.16. The molecule has 0 aliphatic heterocycles. The van der Waals surface area contributed by atoms with E-state index in [1.165, 1.54) is 6.20 Å². The third kappa shape index (κ3) is 2.41. The minimum atomic E-state index is -0.219. The van der Waals surface area contributed by atoms with E-state index in [4.69, 9.17) is 4.42 Å². The second-order valence-corrected chi connectivity index (χ2v) is 3.14. The minimum absolute atomic E-state index is 0.217. The van der Waals surface area contributed by atoms with Gasteiger partial charge in [0.25, 0.3) is 5.91 Å². The Bertz CT molecular complexity index is 481. The lowest BCUT2D eigenvalue weighted by Gasteiger charge is -2.00. The molecule has 16 heavy (non-hydrogen) atoms. The van der Waals surface area contributed by atoms with Crippen LogP contribution in [0.1, 0.15) is 22.1 Å². The molecule has 2 aromatic rings. The van der Waals surface area contributed by atoms with Crippen LogP contribution in [-0.4, -0.2) is 21.1 Å².